The number of rotatable bonds is 5. The monoisotopic (exact) mass is 476 g/mol. The molecule has 0 spiro atoms. The number of para-hydroxylation sites is 3. The molecular weight excluding hydrogens is 452 g/mol. The number of carboxylic acids is 1. The molecule has 5 atom stereocenters. The van der Waals surface area contributed by atoms with Gasteiger partial charge in [-0.3, -0.25) is 5.32 Å². The Labute approximate surface area is 200 Å². The molecule has 1 fully saturated rings. The lowest BCUT2D eigenvalue weighted by Gasteiger charge is -2.39. The normalized spacial score (nSPS) is 25.5. The van der Waals surface area contributed by atoms with Gasteiger partial charge in [0.15, 0.2) is 11.9 Å². The highest BCUT2D eigenvalue weighted by molar-refractivity contribution is 6.16. The van der Waals surface area contributed by atoms with E-state index in [4.69, 9.17) is 14.5 Å². The topological polar surface area (TPSA) is 141 Å². The van der Waals surface area contributed by atoms with Crippen molar-refractivity contribution in [3.8, 4) is 11.5 Å². The van der Waals surface area contributed by atoms with E-state index in [0.29, 0.717) is 11.5 Å². The molecule has 9 heteroatoms. The minimum absolute atomic E-state index is 0.228. The fraction of sp³-hybridized carbons (Fsp3) is 0.231. The number of carbonyl (C=O) groups is 1. The quantitative estimate of drug-likeness (QED) is 0.294. The van der Waals surface area contributed by atoms with Gasteiger partial charge >= 0.3 is 5.97 Å². The summed E-state index contributed by atoms with van der Waals surface area (Å²) in [5.74, 6) is -0.0394. The molecule has 5 unspecified atom stereocenters. The minimum Gasteiger partial charge on any atom is -0.479 e. The van der Waals surface area contributed by atoms with E-state index in [1.807, 2.05) is 72.8 Å². The molecule has 3 aromatic carbocycles. The van der Waals surface area contributed by atoms with E-state index in [0.717, 1.165) is 28.1 Å². The molecule has 0 bridgehead atoms. The molecule has 180 valence electrons. The second-order valence-electron chi connectivity index (χ2n) is 8.39. The van der Waals surface area contributed by atoms with E-state index < -0.39 is 36.6 Å². The predicted octanol–water partition coefficient (Wildman–Crippen LogP) is 1.94. The zero-order chi connectivity index (χ0) is 24.5. The molecule has 0 aliphatic carbocycles. The van der Waals surface area contributed by atoms with E-state index >= 15 is 0 Å². The summed E-state index contributed by atoms with van der Waals surface area (Å²) in [6.45, 7) is 0.228. The number of carboxylic acid groups (broad SMARTS) is 1. The fourth-order valence-corrected chi connectivity index (χ4v) is 4.16. The van der Waals surface area contributed by atoms with Gasteiger partial charge in [-0.25, -0.2) is 9.79 Å². The van der Waals surface area contributed by atoms with Gasteiger partial charge in [0.25, 0.3) is 0 Å². The van der Waals surface area contributed by atoms with Gasteiger partial charge in [-0.2, -0.15) is 0 Å². The summed E-state index contributed by atoms with van der Waals surface area (Å²) in [6, 6.07) is 22.8. The number of aliphatic hydroxyl groups is 3. The van der Waals surface area contributed by atoms with Gasteiger partial charge in [-0.1, -0.05) is 48.5 Å². The van der Waals surface area contributed by atoms with Crippen LogP contribution in [0.5, 0.6) is 11.5 Å². The number of aliphatic carboxylic acids is 1. The average Bonchev–Trinajstić information content (AvgIpc) is 3.04. The summed E-state index contributed by atoms with van der Waals surface area (Å²) in [4.78, 5) is 16.2. The second-order valence-corrected chi connectivity index (χ2v) is 8.39. The number of fused-ring (bicyclic) bond motifs is 2. The molecule has 2 aliphatic rings. The van der Waals surface area contributed by atoms with Gasteiger partial charge < -0.3 is 29.9 Å². The first-order chi connectivity index (χ1) is 16.9. The number of hydrogen-bond donors (Lipinski definition) is 5. The maximum absolute atomic E-state index is 11.3. The first-order valence-corrected chi connectivity index (χ1v) is 11.1. The highest BCUT2D eigenvalue weighted by Crippen LogP contribution is 2.38. The van der Waals surface area contributed by atoms with E-state index in [1.165, 1.54) is 0 Å². The molecule has 0 amide bonds. The van der Waals surface area contributed by atoms with Crippen molar-refractivity contribution in [2.75, 3.05) is 0 Å². The molecule has 35 heavy (non-hydrogen) atoms. The molecule has 1 saturated heterocycles. The lowest BCUT2D eigenvalue weighted by atomic mass is 9.97. The molecule has 2 aliphatic heterocycles. The Morgan fingerprint density at radius 2 is 1.54 bits per heavy atom. The van der Waals surface area contributed by atoms with Gasteiger partial charge in [-0.15, -0.1) is 0 Å². The van der Waals surface area contributed by atoms with Crippen LogP contribution < -0.4 is 10.1 Å². The third-order valence-electron chi connectivity index (χ3n) is 6.05. The van der Waals surface area contributed by atoms with Gasteiger partial charge in [0.1, 0.15) is 36.0 Å². The van der Waals surface area contributed by atoms with Crippen molar-refractivity contribution in [1.29, 1.82) is 0 Å². The number of ether oxygens (including phenoxy) is 2. The molecule has 5 rings (SSSR count). The zero-order valence-electron chi connectivity index (χ0n) is 18.5. The summed E-state index contributed by atoms with van der Waals surface area (Å²) in [7, 11) is 0. The summed E-state index contributed by atoms with van der Waals surface area (Å²) in [6.07, 6.45) is -7.68. The van der Waals surface area contributed by atoms with Crippen LogP contribution in [0.15, 0.2) is 77.8 Å². The maximum Gasteiger partial charge on any atom is 0.335 e. The van der Waals surface area contributed by atoms with Crippen LogP contribution in [0.4, 0.5) is 5.69 Å². The van der Waals surface area contributed by atoms with E-state index in [-0.39, 0.29) is 6.54 Å². The fourth-order valence-electron chi connectivity index (χ4n) is 4.16. The van der Waals surface area contributed by atoms with Crippen molar-refractivity contribution < 1.29 is 34.7 Å². The standard InChI is InChI=1S/C26H24N2O7/c29-21-22(30)24(26(32)33)35-25(23(21)31)27-13-14-9-11-15(12-10-14)20-16-5-1-3-7-18(16)34-19-8-4-2-6-17(19)28-20/h1-12,21-25,27,29-31H,13H2,(H,32,33). The Bertz CT molecular complexity index is 1260. The van der Waals surface area contributed by atoms with E-state index in [2.05, 4.69) is 5.32 Å². The Balaban J connectivity index is 1.36. The molecule has 9 nitrogen and oxygen atoms in total. The largest absolute Gasteiger partial charge is 0.479 e. The summed E-state index contributed by atoms with van der Waals surface area (Å²) >= 11 is 0. The van der Waals surface area contributed by atoms with Crippen molar-refractivity contribution in [3.63, 3.8) is 0 Å². The molecule has 2 heterocycles. The SMILES string of the molecule is O=C(O)C1OC(NCc2ccc(C3=Nc4ccccc4Oc4ccccc43)cc2)C(O)C(O)C1O. The number of aliphatic hydroxyl groups excluding tert-OH is 3. The van der Waals surface area contributed by atoms with Crippen LogP contribution in [0.1, 0.15) is 16.7 Å². The van der Waals surface area contributed by atoms with Crippen molar-refractivity contribution in [2.24, 2.45) is 4.99 Å². The Morgan fingerprint density at radius 3 is 2.29 bits per heavy atom. The molecular formula is C26H24N2O7. The third kappa shape index (κ3) is 4.55. The third-order valence-corrected chi connectivity index (χ3v) is 6.05. The second kappa shape index (κ2) is 9.57. The van der Waals surface area contributed by atoms with Crippen molar-refractivity contribution in [2.45, 2.75) is 37.2 Å². The first kappa shape index (κ1) is 23.2. The highest BCUT2D eigenvalue weighted by atomic mass is 16.6. The van der Waals surface area contributed by atoms with Crippen LogP contribution in [0.25, 0.3) is 0 Å². The van der Waals surface area contributed by atoms with Crippen LogP contribution in [0.3, 0.4) is 0 Å². The maximum atomic E-state index is 11.3. The summed E-state index contributed by atoms with van der Waals surface area (Å²) in [5.41, 5.74) is 4.05. The van der Waals surface area contributed by atoms with Crippen LogP contribution in [0, 0.1) is 0 Å². The van der Waals surface area contributed by atoms with Crippen molar-refractivity contribution >= 4 is 17.4 Å². The Morgan fingerprint density at radius 1 is 0.857 bits per heavy atom. The number of aliphatic imine (C=N–C) groups is 1. The van der Waals surface area contributed by atoms with Crippen LogP contribution in [-0.2, 0) is 16.1 Å². The lowest BCUT2D eigenvalue weighted by molar-refractivity contribution is -0.234. The van der Waals surface area contributed by atoms with E-state index in [1.54, 1.807) is 0 Å². The molecule has 0 saturated carbocycles. The predicted molar refractivity (Wildman–Crippen MR) is 126 cm³/mol. The molecule has 0 aromatic heterocycles. The number of hydrogen-bond acceptors (Lipinski definition) is 8. The van der Waals surface area contributed by atoms with Crippen molar-refractivity contribution in [3.05, 3.63) is 89.5 Å². The minimum atomic E-state index is -1.72. The van der Waals surface area contributed by atoms with Crippen molar-refractivity contribution in [1.82, 2.24) is 5.32 Å². The molecule has 3 aromatic rings. The molecule has 5 N–H and O–H groups in total. The van der Waals surface area contributed by atoms with Crippen LogP contribution >= 0.6 is 0 Å². The Hall–Kier alpha value is -3.60. The number of benzene rings is 3. The van der Waals surface area contributed by atoms with E-state index in [9.17, 15) is 25.2 Å². The smallest absolute Gasteiger partial charge is 0.335 e. The lowest BCUT2D eigenvalue weighted by Crippen LogP contribution is -2.63. The average molecular weight is 476 g/mol. The summed E-state index contributed by atoms with van der Waals surface area (Å²) in [5, 5.41) is 42.1. The van der Waals surface area contributed by atoms with Crippen LogP contribution in [-0.4, -0.2) is 62.8 Å². The van der Waals surface area contributed by atoms with Gasteiger partial charge in [0.2, 0.25) is 0 Å². The number of nitrogens with one attached hydrogen (secondary N) is 1. The Kier molecular flexibility index (Phi) is 6.33. The number of nitrogens with zero attached hydrogens (tertiary/aromatic N) is 1. The first-order valence-electron chi connectivity index (χ1n) is 11.1. The molecule has 0 radical (unpaired) electrons. The van der Waals surface area contributed by atoms with Gasteiger partial charge in [-0.05, 0) is 29.8 Å². The highest BCUT2D eigenvalue weighted by Gasteiger charge is 2.46. The van der Waals surface area contributed by atoms with Crippen LogP contribution in [0.2, 0.25) is 0 Å². The summed E-state index contributed by atoms with van der Waals surface area (Å²) < 4.78 is 11.4. The van der Waals surface area contributed by atoms with Gasteiger partial charge in [0.05, 0.1) is 5.71 Å². The zero-order valence-corrected chi connectivity index (χ0v) is 18.5. The van der Waals surface area contributed by atoms with Gasteiger partial charge in [0, 0.05) is 17.7 Å².